The van der Waals surface area contributed by atoms with Crippen molar-refractivity contribution in [2.45, 2.75) is 360 Å². The fourth-order valence-electron chi connectivity index (χ4n) is 10.1. The molecule has 0 heterocycles. The third-order valence-corrected chi connectivity index (χ3v) is 15.1. The van der Waals surface area contributed by atoms with Crippen molar-refractivity contribution >= 4 is 11.9 Å². The first-order valence-corrected chi connectivity index (χ1v) is 32.9. The van der Waals surface area contributed by atoms with E-state index in [2.05, 4.69) is 67.8 Å². The standard InChI is InChI=1S/C68H127NO5/c1-3-5-7-9-11-13-15-17-19-32-36-40-44-48-52-56-60-66(71)65(64-70)69-67(72)61-57-53-49-45-41-37-33-30-28-26-24-22-21-23-25-27-29-31-35-39-43-47-51-55-59-63-74-68(73)62-58-54-50-46-42-38-34-20-18-16-14-12-10-8-6-4-2/h14,16,20,22-25,34,65-66,70-71H,3-13,15,17-19,21,26-33,35-64H2,1-2H3,(H,69,72)/b16-14-,24-22-,25-23-,34-20-. The molecule has 6 heteroatoms. The predicted molar refractivity (Wildman–Crippen MR) is 324 cm³/mol. The molecule has 0 radical (unpaired) electrons. The van der Waals surface area contributed by atoms with E-state index in [0.717, 1.165) is 57.8 Å². The Morgan fingerprint density at radius 1 is 0.378 bits per heavy atom. The van der Waals surface area contributed by atoms with E-state index in [4.69, 9.17) is 4.74 Å². The number of esters is 1. The van der Waals surface area contributed by atoms with Gasteiger partial charge in [-0.25, -0.2) is 0 Å². The topological polar surface area (TPSA) is 95.9 Å². The highest BCUT2D eigenvalue weighted by molar-refractivity contribution is 5.76. The van der Waals surface area contributed by atoms with E-state index in [1.165, 1.54) is 257 Å². The zero-order valence-electron chi connectivity index (χ0n) is 49.6. The van der Waals surface area contributed by atoms with Gasteiger partial charge in [0.1, 0.15) is 0 Å². The number of aliphatic hydroxyl groups excluding tert-OH is 2. The molecular weight excluding hydrogens is 911 g/mol. The van der Waals surface area contributed by atoms with Crippen molar-refractivity contribution in [3.63, 3.8) is 0 Å². The fraction of sp³-hybridized carbons (Fsp3) is 0.853. The molecule has 0 aromatic rings. The van der Waals surface area contributed by atoms with Crippen LogP contribution >= 0.6 is 0 Å². The van der Waals surface area contributed by atoms with Crippen LogP contribution in [0.25, 0.3) is 0 Å². The van der Waals surface area contributed by atoms with Crippen LogP contribution < -0.4 is 5.32 Å². The minimum atomic E-state index is -0.669. The Morgan fingerprint density at radius 3 is 1.04 bits per heavy atom. The van der Waals surface area contributed by atoms with Crippen molar-refractivity contribution in [2.75, 3.05) is 13.2 Å². The predicted octanol–water partition coefficient (Wildman–Crippen LogP) is 20.9. The van der Waals surface area contributed by atoms with E-state index in [0.29, 0.717) is 25.9 Å². The molecule has 6 nitrogen and oxygen atoms in total. The largest absolute Gasteiger partial charge is 0.466 e. The van der Waals surface area contributed by atoms with Crippen LogP contribution in [0, 0.1) is 0 Å². The summed E-state index contributed by atoms with van der Waals surface area (Å²) in [6, 6.07) is -0.547. The van der Waals surface area contributed by atoms with Gasteiger partial charge in [0, 0.05) is 12.8 Å². The van der Waals surface area contributed by atoms with Crippen LogP contribution in [0.3, 0.4) is 0 Å². The lowest BCUT2D eigenvalue weighted by Crippen LogP contribution is -2.45. The molecule has 0 spiro atoms. The molecule has 0 rings (SSSR count). The van der Waals surface area contributed by atoms with E-state index in [9.17, 15) is 19.8 Å². The number of rotatable bonds is 61. The normalized spacial score (nSPS) is 12.9. The summed E-state index contributed by atoms with van der Waals surface area (Å²) in [6.45, 7) is 4.94. The summed E-state index contributed by atoms with van der Waals surface area (Å²) in [6.07, 6.45) is 81.3. The molecule has 0 aliphatic carbocycles. The Morgan fingerprint density at radius 2 is 0.676 bits per heavy atom. The summed E-state index contributed by atoms with van der Waals surface area (Å²) >= 11 is 0. The lowest BCUT2D eigenvalue weighted by Gasteiger charge is -2.22. The number of allylic oxidation sites excluding steroid dienone is 8. The van der Waals surface area contributed by atoms with Gasteiger partial charge in [0.25, 0.3) is 0 Å². The smallest absolute Gasteiger partial charge is 0.305 e. The number of hydrogen-bond acceptors (Lipinski definition) is 5. The van der Waals surface area contributed by atoms with Crippen molar-refractivity contribution < 1.29 is 24.5 Å². The number of carbonyl (C=O) groups excluding carboxylic acids is 2. The van der Waals surface area contributed by atoms with Crippen LogP contribution in [-0.4, -0.2) is 47.4 Å². The van der Waals surface area contributed by atoms with Gasteiger partial charge >= 0.3 is 5.97 Å². The highest BCUT2D eigenvalue weighted by Crippen LogP contribution is 2.17. The van der Waals surface area contributed by atoms with Crippen LogP contribution in [0.15, 0.2) is 48.6 Å². The summed E-state index contributed by atoms with van der Waals surface area (Å²) in [5.41, 5.74) is 0. The molecule has 0 bridgehead atoms. The summed E-state index contributed by atoms with van der Waals surface area (Å²) in [5.74, 6) is -0.0442. The number of hydrogen-bond donors (Lipinski definition) is 3. The molecule has 2 atom stereocenters. The molecule has 0 aromatic carbocycles. The van der Waals surface area contributed by atoms with Gasteiger partial charge in [-0.15, -0.1) is 0 Å². The van der Waals surface area contributed by atoms with Gasteiger partial charge in [-0.3, -0.25) is 9.59 Å². The van der Waals surface area contributed by atoms with Crippen LogP contribution in [0.4, 0.5) is 0 Å². The molecular formula is C68H127NO5. The van der Waals surface area contributed by atoms with Gasteiger partial charge in [0.2, 0.25) is 5.91 Å². The number of aliphatic hydroxyl groups is 2. The minimum absolute atomic E-state index is 0.00450. The summed E-state index contributed by atoms with van der Waals surface area (Å²) in [7, 11) is 0. The van der Waals surface area contributed by atoms with E-state index in [1.807, 2.05) is 0 Å². The average Bonchev–Trinajstić information content (AvgIpc) is 3.40. The maximum Gasteiger partial charge on any atom is 0.305 e. The van der Waals surface area contributed by atoms with Crippen LogP contribution in [0.2, 0.25) is 0 Å². The van der Waals surface area contributed by atoms with Gasteiger partial charge in [-0.2, -0.15) is 0 Å². The molecule has 0 saturated heterocycles. The number of nitrogens with one attached hydrogen (secondary N) is 1. The monoisotopic (exact) mass is 1040 g/mol. The van der Waals surface area contributed by atoms with E-state index in [-0.39, 0.29) is 18.5 Å². The van der Waals surface area contributed by atoms with Gasteiger partial charge in [-0.05, 0) is 89.9 Å². The molecule has 434 valence electrons. The first-order valence-electron chi connectivity index (χ1n) is 32.9. The average molecular weight is 1040 g/mol. The van der Waals surface area contributed by atoms with Crippen molar-refractivity contribution in [2.24, 2.45) is 0 Å². The Kier molecular flexibility index (Phi) is 61.5. The fourth-order valence-corrected chi connectivity index (χ4v) is 10.1. The molecule has 0 saturated carbocycles. The van der Waals surface area contributed by atoms with Crippen molar-refractivity contribution in [1.29, 1.82) is 0 Å². The molecule has 0 fully saturated rings. The van der Waals surface area contributed by atoms with E-state index < -0.39 is 12.1 Å². The summed E-state index contributed by atoms with van der Waals surface area (Å²) in [4.78, 5) is 24.6. The second-order valence-electron chi connectivity index (χ2n) is 22.4. The lowest BCUT2D eigenvalue weighted by atomic mass is 10.0. The highest BCUT2D eigenvalue weighted by Gasteiger charge is 2.20. The molecule has 3 N–H and O–H groups in total. The van der Waals surface area contributed by atoms with Gasteiger partial charge < -0.3 is 20.3 Å². The van der Waals surface area contributed by atoms with Gasteiger partial charge in [0.15, 0.2) is 0 Å². The Bertz CT molecular complexity index is 1240. The number of ether oxygens (including phenoxy) is 1. The third-order valence-electron chi connectivity index (χ3n) is 15.1. The molecule has 2 unspecified atom stereocenters. The number of carbonyl (C=O) groups is 2. The second-order valence-corrected chi connectivity index (χ2v) is 22.4. The maximum atomic E-state index is 12.5. The Hall–Kier alpha value is -2.18. The third kappa shape index (κ3) is 59.1. The maximum absolute atomic E-state index is 12.5. The van der Waals surface area contributed by atoms with E-state index in [1.54, 1.807) is 0 Å². The highest BCUT2D eigenvalue weighted by atomic mass is 16.5. The van der Waals surface area contributed by atoms with Crippen LogP contribution in [0.1, 0.15) is 348 Å². The molecule has 74 heavy (non-hydrogen) atoms. The quantitative estimate of drug-likeness (QED) is 0.0320. The molecule has 1 amide bonds. The first kappa shape index (κ1) is 71.8. The van der Waals surface area contributed by atoms with Crippen molar-refractivity contribution in [1.82, 2.24) is 5.32 Å². The van der Waals surface area contributed by atoms with Gasteiger partial charge in [0.05, 0.1) is 25.4 Å². The zero-order chi connectivity index (χ0) is 53.6. The summed E-state index contributed by atoms with van der Waals surface area (Å²) in [5, 5.41) is 23.3. The SMILES string of the molecule is CCCCCC/C=C\C/C=C\CCCCCCCC(=O)OCCCCCCCCCCC/C=C\C/C=C\CCCCCCCCCCCC(=O)NC(CO)C(O)CCCCCCCCCCCCCCCCCC. The summed E-state index contributed by atoms with van der Waals surface area (Å²) < 4.78 is 5.48. The minimum Gasteiger partial charge on any atom is -0.466 e. The van der Waals surface area contributed by atoms with Crippen LogP contribution in [0.5, 0.6) is 0 Å². The lowest BCUT2D eigenvalue weighted by molar-refractivity contribution is -0.143. The zero-order valence-corrected chi connectivity index (χ0v) is 49.6. The molecule has 0 aromatic heterocycles. The Labute approximate surface area is 461 Å². The van der Waals surface area contributed by atoms with E-state index >= 15 is 0 Å². The van der Waals surface area contributed by atoms with Crippen molar-refractivity contribution in [3.05, 3.63) is 48.6 Å². The first-order chi connectivity index (χ1) is 36.5. The second kappa shape index (κ2) is 63.4. The van der Waals surface area contributed by atoms with Crippen LogP contribution in [-0.2, 0) is 14.3 Å². The van der Waals surface area contributed by atoms with Crippen molar-refractivity contribution in [3.8, 4) is 0 Å². The molecule has 0 aliphatic rings. The Balaban J connectivity index is 3.44. The van der Waals surface area contributed by atoms with Gasteiger partial charge in [-0.1, -0.05) is 294 Å². The number of unbranched alkanes of at least 4 members (excludes halogenated alkanes) is 42. The molecule has 0 aliphatic heterocycles. The number of amides is 1.